The van der Waals surface area contributed by atoms with Gasteiger partial charge in [-0.1, -0.05) is 0 Å². The van der Waals surface area contributed by atoms with Crippen molar-refractivity contribution in [2.24, 2.45) is 4.40 Å². The van der Waals surface area contributed by atoms with Gasteiger partial charge in [-0.25, -0.2) is 4.21 Å². The maximum atomic E-state index is 10.2. The SMILES string of the molecule is C/C(=N/S(C)=O)NO. The van der Waals surface area contributed by atoms with Crippen molar-refractivity contribution in [1.29, 1.82) is 0 Å². The average molecular weight is 136 g/mol. The second-order valence-corrected chi connectivity index (χ2v) is 2.24. The van der Waals surface area contributed by atoms with E-state index in [1.54, 1.807) is 5.48 Å². The normalized spacial score (nSPS) is 15.6. The minimum absolute atomic E-state index is 0.255. The van der Waals surface area contributed by atoms with Crippen LogP contribution in [0, 0.1) is 0 Å². The van der Waals surface area contributed by atoms with E-state index in [1.807, 2.05) is 0 Å². The van der Waals surface area contributed by atoms with Crippen LogP contribution in [0.5, 0.6) is 0 Å². The molecule has 1 atom stereocenters. The molecule has 0 aliphatic rings. The van der Waals surface area contributed by atoms with Crippen molar-refractivity contribution in [3.8, 4) is 0 Å². The first-order valence-corrected chi connectivity index (χ1v) is 3.47. The van der Waals surface area contributed by atoms with Gasteiger partial charge in [0.25, 0.3) is 0 Å². The van der Waals surface area contributed by atoms with E-state index < -0.39 is 11.0 Å². The predicted octanol–water partition coefficient (Wildman–Crippen LogP) is -0.323. The Morgan fingerprint density at radius 2 is 2.38 bits per heavy atom. The molecule has 0 aliphatic heterocycles. The topological polar surface area (TPSA) is 61.7 Å². The van der Waals surface area contributed by atoms with E-state index in [-0.39, 0.29) is 5.84 Å². The van der Waals surface area contributed by atoms with Gasteiger partial charge in [0.2, 0.25) is 0 Å². The summed E-state index contributed by atoms with van der Waals surface area (Å²) in [5.41, 5.74) is 1.75. The number of hydroxylamine groups is 1. The van der Waals surface area contributed by atoms with Crippen molar-refractivity contribution in [2.75, 3.05) is 6.26 Å². The number of nitrogens with one attached hydrogen (secondary N) is 1. The Kier molecular flexibility index (Phi) is 3.38. The van der Waals surface area contributed by atoms with Gasteiger partial charge in [-0.3, -0.25) is 10.7 Å². The molecule has 1 unspecified atom stereocenters. The summed E-state index contributed by atoms with van der Waals surface area (Å²) in [5.74, 6) is 0.255. The third kappa shape index (κ3) is 3.76. The number of hydrogen-bond donors (Lipinski definition) is 2. The van der Waals surface area contributed by atoms with Crippen LogP contribution in [-0.2, 0) is 11.0 Å². The first kappa shape index (κ1) is 7.58. The average Bonchev–Trinajstić information content (AvgIpc) is 1.65. The fourth-order valence-electron chi connectivity index (χ4n) is 0.213. The van der Waals surface area contributed by atoms with E-state index in [9.17, 15) is 4.21 Å². The highest BCUT2D eigenvalue weighted by Gasteiger charge is 1.84. The second-order valence-electron chi connectivity index (χ2n) is 1.21. The Bertz CT molecular complexity index is 122. The maximum absolute atomic E-state index is 10.2. The van der Waals surface area contributed by atoms with Crippen LogP contribution in [0.25, 0.3) is 0 Å². The molecule has 0 spiro atoms. The van der Waals surface area contributed by atoms with E-state index in [4.69, 9.17) is 5.21 Å². The van der Waals surface area contributed by atoms with Crippen LogP contribution in [0.15, 0.2) is 4.40 Å². The Morgan fingerprint density at radius 1 is 1.88 bits per heavy atom. The summed E-state index contributed by atoms with van der Waals surface area (Å²) in [5, 5.41) is 8.07. The molecule has 0 radical (unpaired) electrons. The van der Waals surface area contributed by atoms with E-state index >= 15 is 0 Å². The first-order valence-electron chi connectivity index (χ1n) is 1.95. The molecule has 0 aromatic heterocycles. The van der Waals surface area contributed by atoms with E-state index in [2.05, 4.69) is 4.40 Å². The zero-order valence-corrected chi connectivity index (χ0v) is 5.53. The Hall–Kier alpha value is -0.420. The maximum Gasteiger partial charge on any atom is 0.137 e. The van der Waals surface area contributed by atoms with Crippen LogP contribution in [-0.4, -0.2) is 21.5 Å². The van der Waals surface area contributed by atoms with Crippen LogP contribution in [0.2, 0.25) is 0 Å². The third-order valence-corrected chi connectivity index (χ3v) is 0.958. The van der Waals surface area contributed by atoms with Crippen LogP contribution in [0.1, 0.15) is 6.92 Å². The molecule has 0 fully saturated rings. The van der Waals surface area contributed by atoms with Gasteiger partial charge < -0.3 is 0 Å². The minimum atomic E-state index is -1.23. The lowest BCUT2D eigenvalue weighted by atomic mass is 10.7. The van der Waals surface area contributed by atoms with Crippen LogP contribution in [0.4, 0.5) is 0 Å². The molecule has 0 aromatic carbocycles. The number of rotatable bonds is 1. The molecule has 0 saturated carbocycles. The summed E-state index contributed by atoms with van der Waals surface area (Å²) >= 11 is 0. The molecule has 0 bridgehead atoms. The van der Waals surface area contributed by atoms with Crippen LogP contribution < -0.4 is 5.48 Å². The molecular weight excluding hydrogens is 128 g/mol. The predicted molar refractivity (Wildman–Crippen MR) is 32.1 cm³/mol. The quantitative estimate of drug-likeness (QED) is 0.295. The highest BCUT2D eigenvalue weighted by Crippen LogP contribution is 1.75. The smallest absolute Gasteiger partial charge is 0.137 e. The molecule has 0 amide bonds. The summed E-state index contributed by atoms with van der Waals surface area (Å²) in [6.07, 6.45) is 1.42. The highest BCUT2D eigenvalue weighted by atomic mass is 32.2. The van der Waals surface area contributed by atoms with Gasteiger partial charge in [-0.05, 0) is 6.92 Å². The summed E-state index contributed by atoms with van der Waals surface area (Å²) < 4.78 is 13.6. The fourth-order valence-corrected chi connectivity index (χ4v) is 0.640. The molecule has 0 aliphatic carbocycles. The van der Waals surface area contributed by atoms with Gasteiger partial charge in [0.05, 0.1) is 0 Å². The molecule has 4 nitrogen and oxygen atoms in total. The van der Waals surface area contributed by atoms with Crippen LogP contribution >= 0.6 is 0 Å². The molecule has 5 heteroatoms. The Labute approximate surface area is 50.2 Å². The van der Waals surface area contributed by atoms with Crippen molar-refractivity contribution in [3.05, 3.63) is 0 Å². The lowest BCUT2D eigenvalue weighted by Gasteiger charge is -1.90. The Morgan fingerprint density at radius 3 is 2.50 bits per heavy atom. The molecule has 48 valence electrons. The van der Waals surface area contributed by atoms with Gasteiger partial charge in [-0.2, -0.15) is 4.40 Å². The monoisotopic (exact) mass is 136 g/mol. The molecule has 0 rings (SSSR count). The number of hydrogen-bond acceptors (Lipinski definition) is 2. The second kappa shape index (κ2) is 3.57. The van der Waals surface area contributed by atoms with E-state index in [0.29, 0.717) is 0 Å². The van der Waals surface area contributed by atoms with E-state index in [1.165, 1.54) is 13.2 Å². The summed E-state index contributed by atoms with van der Waals surface area (Å²) in [6.45, 7) is 1.52. The molecule has 8 heavy (non-hydrogen) atoms. The van der Waals surface area contributed by atoms with Gasteiger partial charge in [0.1, 0.15) is 16.8 Å². The van der Waals surface area contributed by atoms with Crippen molar-refractivity contribution in [3.63, 3.8) is 0 Å². The van der Waals surface area contributed by atoms with Crippen molar-refractivity contribution in [1.82, 2.24) is 5.48 Å². The first-order chi connectivity index (χ1) is 3.66. The largest absolute Gasteiger partial charge is 0.290 e. The lowest BCUT2D eigenvalue weighted by molar-refractivity contribution is 0.234. The third-order valence-electron chi connectivity index (χ3n) is 0.427. The van der Waals surface area contributed by atoms with Crippen LogP contribution in [0.3, 0.4) is 0 Å². The molecular formula is C3H8N2O2S. The zero-order valence-electron chi connectivity index (χ0n) is 4.71. The van der Waals surface area contributed by atoms with Gasteiger partial charge in [0, 0.05) is 6.26 Å². The van der Waals surface area contributed by atoms with Crippen molar-refractivity contribution >= 4 is 16.8 Å². The fraction of sp³-hybridized carbons (Fsp3) is 0.667. The minimum Gasteiger partial charge on any atom is -0.290 e. The van der Waals surface area contributed by atoms with Crippen molar-refractivity contribution < 1.29 is 9.42 Å². The Balaban J connectivity index is 3.75. The zero-order chi connectivity index (χ0) is 6.57. The molecule has 0 heterocycles. The number of amidine groups is 1. The molecule has 0 aromatic rings. The van der Waals surface area contributed by atoms with Gasteiger partial charge >= 0.3 is 0 Å². The lowest BCUT2D eigenvalue weighted by Crippen LogP contribution is -2.14. The summed E-state index contributed by atoms with van der Waals surface area (Å²) in [7, 11) is -1.23. The van der Waals surface area contributed by atoms with Gasteiger partial charge in [-0.15, -0.1) is 0 Å². The van der Waals surface area contributed by atoms with Crippen molar-refractivity contribution in [2.45, 2.75) is 6.92 Å². The number of nitrogens with zero attached hydrogens (tertiary/aromatic N) is 1. The molecule has 2 N–H and O–H groups in total. The van der Waals surface area contributed by atoms with E-state index in [0.717, 1.165) is 0 Å². The highest BCUT2D eigenvalue weighted by molar-refractivity contribution is 7.83. The van der Waals surface area contributed by atoms with Gasteiger partial charge in [0.15, 0.2) is 0 Å². The summed E-state index contributed by atoms with van der Waals surface area (Å²) in [6, 6.07) is 0. The summed E-state index contributed by atoms with van der Waals surface area (Å²) in [4.78, 5) is 0. The molecule has 0 saturated heterocycles. The standard InChI is InChI=1S/C3H8N2O2S/c1-3(4-6)5-8(2)7/h6H,1-2H3,(H,4,5).